The van der Waals surface area contributed by atoms with Crippen LogP contribution in [0.3, 0.4) is 0 Å². The molecule has 16 heavy (non-hydrogen) atoms. The number of halogens is 2. The predicted molar refractivity (Wildman–Crippen MR) is 69.0 cm³/mol. The lowest BCUT2D eigenvalue weighted by Gasteiger charge is -2.38. The van der Waals surface area contributed by atoms with E-state index in [0.717, 1.165) is 10.3 Å². The van der Waals surface area contributed by atoms with Crippen LogP contribution in [0.25, 0.3) is 0 Å². The van der Waals surface area contributed by atoms with Gasteiger partial charge in [-0.25, -0.2) is 4.98 Å². The summed E-state index contributed by atoms with van der Waals surface area (Å²) >= 11 is 9.33. The van der Waals surface area contributed by atoms with Crippen LogP contribution >= 0.6 is 27.5 Å². The van der Waals surface area contributed by atoms with Crippen LogP contribution in [0.5, 0.6) is 0 Å². The van der Waals surface area contributed by atoms with Gasteiger partial charge in [0, 0.05) is 18.8 Å². The summed E-state index contributed by atoms with van der Waals surface area (Å²) in [6, 6.07) is 2.35. The Morgan fingerprint density at radius 1 is 1.56 bits per heavy atom. The quantitative estimate of drug-likeness (QED) is 0.929. The molecule has 1 saturated carbocycles. The average molecular weight is 306 g/mol. The van der Waals surface area contributed by atoms with Crippen molar-refractivity contribution in [3.8, 4) is 0 Å². The van der Waals surface area contributed by atoms with Crippen molar-refractivity contribution >= 4 is 33.3 Å². The fraction of sp³-hybridized carbons (Fsp3) is 0.545. The maximum Gasteiger partial charge on any atom is 0.143 e. The van der Waals surface area contributed by atoms with Crippen molar-refractivity contribution in [1.82, 2.24) is 4.98 Å². The van der Waals surface area contributed by atoms with Crippen molar-refractivity contribution in [2.24, 2.45) is 0 Å². The Balaban J connectivity index is 2.23. The van der Waals surface area contributed by atoms with Crippen molar-refractivity contribution in [1.29, 1.82) is 0 Å². The van der Waals surface area contributed by atoms with Gasteiger partial charge >= 0.3 is 0 Å². The smallest absolute Gasteiger partial charge is 0.143 e. The summed E-state index contributed by atoms with van der Waals surface area (Å²) in [5.74, 6) is 0.878. The van der Waals surface area contributed by atoms with E-state index in [-0.39, 0.29) is 6.61 Å². The third-order valence-electron chi connectivity index (χ3n) is 2.92. The second-order valence-corrected chi connectivity index (χ2v) is 5.25. The van der Waals surface area contributed by atoms with Crippen LogP contribution in [0, 0.1) is 0 Å². The maximum absolute atomic E-state index is 9.10. The molecule has 1 N–H and O–H groups in total. The Morgan fingerprint density at radius 3 is 2.81 bits per heavy atom. The van der Waals surface area contributed by atoms with Gasteiger partial charge in [-0.05, 0) is 41.3 Å². The highest BCUT2D eigenvalue weighted by Gasteiger charge is 2.26. The Morgan fingerprint density at radius 2 is 2.31 bits per heavy atom. The third kappa shape index (κ3) is 2.50. The van der Waals surface area contributed by atoms with Gasteiger partial charge in [0.1, 0.15) is 5.82 Å². The molecule has 0 spiro atoms. The first kappa shape index (κ1) is 12.1. The molecule has 1 aliphatic carbocycles. The van der Waals surface area contributed by atoms with Gasteiger partial charge in [0.25, 0.3) is 0 Å². The summed E-state index contributed by atoms with van der Waals surface area (Å²) in [5, 5.41) is 9.72. The van der Waals surface area contributed by atoms with E-state index in [1.54, 1.807) is 6.20 Å². The number of pyridine rings is 1. The molecule has 3 nitrogen and oxygen atoms in total. The number of aliphatic hydroxyl groups is 1. The first-order valence-electron chi connectivity index (χ1n) is 5.41. The maximum atomic E-state index is 9.10. The zero-order valence-electron chi connectivity index (χ0n) is 8.87. The summed E-state index contributed by atoms with van der Waals surface area (Å²) in [7, 11) is 0. The van der Waals surface area contributed by atoms with E-state index in [0.29, 0.717) is 17.6 Å². The summed E-state index contributed by atoms with van der Waals surface area (Å²) in [6.45, 7) is 0.769. The monoisotopic (exact) mass is 304 g/mol. The Hall–Kier alpha value is -0.320. The van der Waals surface area contributed by atoms with E-state index in [2.05, 4.69) is 25.8 Å². The first-order chi connectivity index (χ1) is 7.72. The second kappa shape index (κ2) is 5.34. The normalized spacial score (nSPS) is 15.9. The minimum Gasteiger partial charge on any atom is -0.395 e. The summed E-state index contributed by atoms with van der Waals surface area (Å²) in [5.41, 5.74) is 0. The van der Waals surface area contributed by atoms with Gasteiger partial charge in [-0.3, -0.25) is 0 Å². The lowest BCUT2D eigenvalue weighted by Crippen LogP contribution is -2.42. The lowest BCUT2D eigenvalue weighted by molar-refractivity contribution is 0.283. The summed E-state index contributed by atoms with van der Waals surface area (Å²) < 4.78 is 0.889. The second-order valence-electron chi connectivity index (χ2n) is 3.96. The molecule has 0 radical (unpaired) electrons. The molecule has 1 aromatic rings. The summed E-state index contributed by atoms with van der Waals surface area (Å²) in [6.07, 6.45) is 5.26. The minimum atomic E-state index is 0.146. The van der Waals surface area contributed by atoms with Gasteiger partial charge in [0.05, 0.1) is 16.1 Å². The molecule has 1 aromatic heterocycles. The zero-order chi connectivity index (χ0) is 11.5. The van der Waals surface area contributed by atoms with E-state index in [9.17, 15) is 0 Å². The Bertz CT molecular complexity index is 371. The van der Waals surface area contributed by atoms with Crippen LogP contribution in [-0.2, 0) is 0 Å². The van der Waals surface area contributed by atoms with Gasteiger partial charge in [0.2, 0.25) is 0 Å². The van der Waals surface area contributed by atoms with Crippen molar-refractivity contribution in [2.75, 3.05) is 18.1 Å². The van der Waals surface area contributed by atoms with E-state index in [4.69, 9.17) is 16.7 Å². The molecule has 5 heteroatoms. The van der Waals surface area contributed by atoms with Crippen molar-refractivity contribution in [3.63, 3.8) is 0 Å². The van der Waals surface area contributed by atoms with Crippen LogP contribution in [0.15, 0.2) is 16.7 Å². The first-order valence-corrected chi connectivity index (χ1v) is 6.58. The number of rotatable bonds is 4. The molecule has 0 amide bonds. The SMILES string of the molecule is OCCN(c1ncc(Cl)cc1Br)C1CCC1. The number of aromatic nitrogens is 1. The molecule has 1 fully saturated rings. The number of hydrogen-bond donors (Lipinski definition) is 1. The molecule has 0 aromatic carbocycles. The Labute approximate surface area is 109 Å². The van der Waals surface area contributed by atoms with Crippen molar-refractivity contribution in [2.45, 2.75) is 25.3 Å². The van der Waals surface area contributed by atoms with Crippen LogP contribution in [-0.4, -0.2) is 29.3 Å². The molecule has 0 atom stereocenters. The molecule has 1 heterocycles. The molecule has 88 valence electrons. The fourth-order valence-corrected chi connectivity index (χ4v) is 2.75. The number of aliphatic hydroxyl groups excluding tert-OH is 1. The van der Waals surface area contributed by atoms with E-state index >= 15 is 0 Å². The molecular formula is C11H14BrClN2O. The summed E-state index contributed by atoms with van der Waals surface area (Å²) in [4.78, 5) is 6.49. The van der Waals surface area contributed by atoms with Gasteiger partial charge in [-0.2, -0.15) is 0 Å². The van der Waals surface area contributed by atoms with Crippen LogP contribution in [0.4, 0.5) is 5.82 Å². The highest BCUT2D eigenvalue weighted by Crippen LogP contribution is 2.33. The largest absolute Gasteiger partial charge is 0.395 e. The van der Waals surface area contributed by atoms with Crippen molar-refractivity contribution in [3.05, 3.63) is 21.8 Å². The average Bonchev–Trinajstić information content (AvgIpc) is 2.14. The number of hydrogen-bond acceptors (Lipinski definition) is 3. The number of nitrogens with zero attached hydrogens (tertiary/aromatic N) is 2. The van der Waals surface area contributed by atoms with Crippen LogP contribution in [0.1, 0.15) is 19.3 Å². The van der Waals surface area contributed by atoms with Gasteiger partial charge in [-0.1, -0.05) is 11.6 Å². The van der Waals surface area contributed by atoms with Gasteiger partial charge in [0.15, 0.2) is 0 Å². The molecule has 0 bridgehead atoms. The topological polar surface area (TPSA) is 36.4 Å². The predicted octanol–water partition coefficient (Wildman–Crippen LogP) is 2.85. The minimum absolute atomic E-state index is 0.146. The number of anilines is 1. The van der Waals surface area contributed by atoms with Crippen LogP contribution < -0.4 is 4.90 Å². The lowest BCUT2D eigenvalue weighted by atomic mass is 9.91. The zero-order valence-corrected chi connectivity index (χ0v) is 11.2. The van der Waals surface area contributed by atoms with E-state index in [1.165, 1.54) is 19.3 Å². The molecule has 1 aliphatic rings. The molecule has 0 saturated heterocycles. The Kier molecular flexibility index (Phi) is 4.05. The van der Waals surface area contributed by atoms with Gasteiger partial charge < -0.3 is 10.0 Å². The van der Waals surface area contributed by atoms with Crippen molar-refractivity contribution < 1.29 is 5.11 Å². The van der Waals surface area contributed by atoms with Gasteiger partial charge in [-0.15, -0.1) is 0 Å². The van der Waals surface area contributed by atoms with E-state index in [1.807, 2.05) is 6.07 Å². The molecular weight excluding hydrogens is 291 g/mol. The fourth-order valence-electron chi connectivity index (χ4n) is 1.89. The van der Waals surface area contributed by atoms with E-state index < -0.39 is 0 Å². The highest BCUT2D eigenvalue weighted by atomic mass is 79.9. The molecule has 2 rings (SSSR count). The molecule has 0 unspecified atom stereocenters. The highest BCUT2D eigenvalue weighted by molar-refractivity contribution is 9.10. The molecule has 0 aliphatic heterocycles. The standard InChI is InChI=1S/C11H14BrClN2O/c12-10-6-8(13)7-14-11(10)15(4-5-16)9-2-1-3-9/h6-7,9,16H,1-5H2. The van der Waals surface area contributed by atoms with Crippen LogP contribution in [0.2, 0.25) is 5.02 Å². The third-order valence-corrected chi connectivity index (χ3v) is 3.71.